The molecule has 0 bridgehead atoms. The van der Waals surface area contributed by atoms with E-state index in [4.69, 9.17) is 5.73 Å². The van der Waals surface area contributed by atoms with Crippen molar-refractivity contribution >= 4 is 11.6 Å². The first-order valence-corrected chi connectivity index (χ1v) is 9.15. The molecular formula is C21H24FN3O. The van der Waals surface area contributed by atoms with Gasteiger partial charge >= 0.3 is 0 Å². The number of halogens is 1. The average Bonchev–Trinajstić information content (AvgIpc) is 3.19. The summed E-state index contributed by atoms with van der Waals surface area (Å²) in [5.74, 6) is 0.315. The summed E-state index contributed by atoms with van der Waals surface area (Å²) in [5, 5.41) is 13.0. The number of hydrogen-bond donors (Lipinski definition) is 3. The lowest BCUT2D eigenvalue weighted by molar-refractivity contribution is 0.212. The lowest BCUT2D eigenvalue weighted by Gasteiger charge is -2.13. The van der Waals surface area contributed by atoms with Gasteiger partial charge in [-0.3, -0.25) is 4.99 Å². The minimum absolute atomic E-state index is 0.0463. The Morgan fingerprint density at radius 3 is 2.73 bits per heavy atom. The molecule has 0 aliphatic heterocycles. The van der Waals surface area contributed by atoms with Gasteiger partial charge in [-0.05, 0) is 72.6 Å². The van der Waals surface area contributed by atoms with Crippen LogP contribution in [-0.2, 0) is 12.8 Å². The van der Waals surface area contributed by atoms with Gasteiger partial charge in [-0.25, -0.2) is 4.39 Å². The number of nitrogens with zero attached hydrogens (tertiary/aromatic N) is 1. The standard InChI is InChI=1S/C21H24FN3O/c22-17-7-4-15(5-8-17)19-11-21(19,13-26)12-24-20(23)25-18-9-6-14-2-1-3-16(14)10-18/h4-10,19,26H,1-3,11-13H2,(H3,23,24,25). The quantitative estimate of drug-likeness (QED) is 0.571. The molecule has 4 N–H and O–H groups in total. The molecule has 0 spiro atoms. The molecule has 5 heteroatoms. The number of rotatable bonds is 5. The number of anilines is 1. The van der Waals surface area contributed by atoms with Gasteiger partial charge in [0.15, 0.2) is 5.96 Å². The number of aliphatic imine (C=N–C) groups is 1. The van der Waals surface area contributed by atoms with E-state index >= 15 is 0 Å². The monoisotopic (exact) mass is 353 g/mol. The van der Waals surface area contributed by atoms with E-state index < -0.39 is 0 Å². The molecule has 2 aliphatic carbocycles. The van der Waals surface area contributed by atoms with E-state index in [-0.39, 0.29) is 23.8 Å². The molecule has 4 nitrogen and oxygen atoms in total. The molecule has 1 saturated carbocycles. The summed E-state index contributed by atoms with van der Waals surface area (Å²) in [5.41, 5.74) is 10.6. The summed E-state index contributed by atoms with van der Waals surface area (Å²) in [7, 11) is 0. The number of fused-ring (bicyclic) bond motifs is 1. The van der Waals surface area contributed by atoms with E-state index in [2.05, 4.69) is 22.4 Å². The summed E-state index contributed by atoms with van der Waals surface area (Å²) in [4.78, 5) is 4.46. The fourth-order valence-corrected chi connectivity index (χ4v) is 3.99. The highest BCUT2D eigenvalue weighted by atomic mass is 19.1. The van der Waals surface area contributed by atoms with Crippen LogP contribution in [-0.4, -0.2) is 24.2 Å². The van der Waals surface area contributed by atoms with Crippen molar-refractivity contribution in [2.45, 2.75) is 31.6 Å². The van der Waals surface area contributed by atoms with Gasteiger partial charge in [0.2, 0.25) is 0 Å². The molecule has 2 aromatic rings. The fourth-order valence-electron chi connectivity index (χ4n) is 3.99. The second-order valence-corrected chi connectivity index (χ2v) is 7.49. The zero-order valence-electron chi connectivity index (χ0n) is 14.7. The number of aliphatic hydroxyl groups excluding tert-OH is 1. The second kappa shape index (κ2) is 6.72. The number of aryl methyl sites for hydroxylation is 2. The Morgan fingerprint density at radius 1 is 1.19 bits per heavy atom. The third kappa shape index (κ3) is 3.31. The maximum atomic E-state index is 13.1. The van der Waals surface area contributed by atoms with Crippen LogP contribution in [0.25, 0.3) is 0 Å². The number of nitrogens with two attached hydrogens (primary N) is 1. The minimum Gasteiger partial charge on any atom is -0.396 e. The number of nitrogens with one attached hydrogen (secondary N) is 1. The van der Waals surface area contributed by atoms with Crippen molar-refractivity contribution in [3.8, 4) is 0 Å². The van der Waals surface area contributed by atoms with Crippen molar-refractivity contribution < 1.29 is 9.50 Å². The van der Waals surface area contributed by atoms with Gasteiger partial charge in [-0.15, -0.1) is 0 Å². The maximum Gasteiger partial charge on any atom is 0.193 e. The molecule has 0 heterocycles. The van der Waals surface area contributed by atoms with Crippen LogP contribution in [0.5, 0.6) is 0 Å². The largest absolute Gasteiger partial charge is 0.396 e. The van der Waals surface area contributed by atoms with E-state index in [1.54, 1.807) is 12.1 Å². The van der Waals surface area contributed by atoms with Crippen LogP contribution >= 0.6 is 0 Å². The zero-order valence-corrected chi connectivity index (χ0v) is 14.7. The summed E-state index contributed by atoms with van der Waals surface area (Å²) in [6.07, 6.45) is 4.33. The van der Waals surface area contributed by atoms with Crippen LogP contribution in [0, 0.1) is 11.2 Å². The predicted octanol–water partition coefficient (Wildman–Crippen LogP) is 3.21. The average molecular weight is 353 g/mol. The number of aliphatic hydroxyl groups is 1. The molecular weight excluding hydrogens is 329 g/mol. The first-order chi connectivity index (χ1) is 12.6. The summed E-state index contributed by atoms with van der Waals surface area (Å²) >= 11 is 0. The van der Waals surface area contributed by atoms with Gasteiger partial charge in [0, 0.05) is 11.1 Å². The maximum absolute atomic E-state index is 13.1. The Labute approximate surface area is 153 Å². The smallest absolute Gasteiger partial charge is 0.193 e. The molecule has 0 aromatic heterocycles. The van der Waals surface area contributed by atoms with E-state index in [0.717, 1.165) is 30.5 Å². The number of benzene rings is 2. The molecule has 0 amide bonds. The van der Waals surface area contributed by atoms with Crippen molar-refractivity contribution in [2.24, 2.45) is 16.1 Å². The molecule has 0 radical (unpaired) electrons. The molecule has 2 unspecified atom stereocenters. The van der Waals surface area contributed by atoms with Gasteiger partial charge in [0.25, 0.3) is 0 Å². The predicted molar refractivity (Wildman–Crippen MR) is 102 cm³/mol. The van der Waals surface area contributed by atoms with E-state index in [1.807, 2.05) is 6.07 Å². The normalized spacial score (nSPS) is 24.4. The van der Waals surface area contributed by atoms with Crippen LogP contribution in [0.15, 0.2) is 47.5 Å². The van der Waals surface area contributed by atoms with Crippen molar-refractivity contribution in [1.29, 1.82) is 0 Å². The molecule has 1 fully saturated rings. The molecule has 26 heavy (non-hydrogen) atoms. The van der Waals surface area contributed by atoms with Gasteiger partial charge in [-0.1, -0.05) is 18.2 Å². The Bertz CT molecular complexity index is 834. The van der Waals surface area contributed by atoms with Crippen molar-refractivity contribution in [1.82, 2.24) is 0 Å². The van der Waals surface area contributed by atoms with Crippen LogP contribution in [0.3, 0.4) is 0 Å². The summed E-state index contributed by atoms with van der Waals surface area (Å²) in [6.45, 7) is 0.500. The lowest BCUT2D eigenvalue weighted by Crippen LogP contribution is -2.25. The molecule has 4 rings (SSSR count). The van der Waals surface area contributed by atoms with Gasteiger partial charge in [0.05, 0.1) is 13.2 Å². The molecule has 2 aromatic carbocycles. The molecule has 0 saturated heterocycles. The first-order valence-electron chi connectivity index (χ1n) is 9.15. The highest BCUT2D eigenvalue weighted by Crippen LogP contribution is 2.59. The number of guanidine groups is 1. The highest BCUT2D eigenvalue weighted by molar-refractivity contribution is 5.92. The minimum atomic E-state index is -0.290. The van der Waals surface area contributed by atoms with Crippen LogP contribution in [0.4, 0.5) is 10.1 Å². The SMILES string of the molecule is NC(=NCC1(CO)CC1c1ccc(F)cc1)Nc1ccc2c(c1)CCC2. The lowest BCUT2D eigenvalue weighted by atomic mass is 10.00. The Kier molecular flexibility index (Phi) is 4.41. The Hall–Kier alpha value is -2.40. The highest BCUT2D eigenvalue weighted by Gasteiger charge is 2.54. The fraction of sp³-hybridized carbons (Fsp3) is 0.381. The Morgan fingerprint density at radius 2 is 1.96 bits per heavy atom. The third-order valence-corrected chi connectivity index (χ3v) is 5.71. The van der Waals surface area contributed by atoms with Gasteiger partial charge in [-0.2, -0.15) is 0 Å². The number of hydrogen-bond acceptors (Lipinski definition) is 2. The van der Waals surface area contributed by atoms with Crippen LogP contribution in [0.1, 0.15) is 35.4 Å². The molecule has 2 aliphatic rings. The second-order valence-electron chi connectivity index (χ2n) is 7.49. The van der Waals surface area contributed by atoms with E-state index in [1.165, 1.54) is 29.7 Å². The van der Waals surface area contributed by atoms with Crippen molar-refractivity contribution in [2.75, 3.05) is 18.5 Å². The van der Waals surface area contributed by atoms with Crippen LogP contribution < -0.4 is 11.1 Å². The van der Waals surface area contributed by atoms with E-state index in [0.29, 0.717) is 12.5 Å². The van der Waals surface area contributed by atoms with Crippen LogP contribution in [0.2, 0.25) is 0 Å². The topological polar surface area (TPSA) is 70.6 Å². The van der Waals surface area contributed by atoms with Crippen molar-refractivity contribution in [3.05, 3.63) is 65.0 Å². The molecule has 136 valence electrons. The van der Waals surface area contributed by atoms with E-state index in [9.17, 15) is 9.50 Å². The Balaban J connectivity index is 1.41. The summed E-state index contributed by atoms with van der Waals surface area (Å²) in [6, 6.07) is 12.8. The van der Waals surface area contributed by atoms with Gasteiger partial charge < -0.3 is 16.2 Å². The zero-order chi connectivity index (χ0) is 18.1. The van der Waals surface area contributed by atoms with Crippen molar-refractivity contribution in [3.63, 3.8) is 0 Å². The third-order valence-electron chi connectivity index (χ3n) is 5.71. The first kappa shape index (κ1) is 17.0. The molecule has 2 atom stereocenters. The van der Waals surface area contributed by atoms with Gasteiger partial charge in [0.1, 0.15) is 5.82 Å². The summed E-state index contributed by atoms with van der Waals surface area (Å²) < 4.78 is 13.1.